The quantitative estimate of drug-likeness (QED) is 0.644. The van der Waals surface area contributed by atoms with E-state index < -0.39 is 5.92 Å². The van der Waals surface area contributed by atoms with Crippen molar-refractivity contribution in [3.63, 3.8) is 0 Å². The molecule has 32 heavy (non-hydrogen) atoms. The molecule has 1 atom stereocenters. The molecule has 2 aliphatic rings. The lowest BCUT2D eigenvalue weighted by Crippen LogP contribution is -2.37. The van der Waals surface area contributed by atoms with Crippen molar-refractivity contribution in [1.82, 2.24) is 0 Å². The van der Waals surface area contributed by atoms with Gasteiger partial charge in [0.25, 0.3) is 0 Å². The molecule has 1 N–H and O–H groups in total. The van der Waals surface area contributed by atoms with E-state index in [2.05, 4.69) is 10.2 Å². The maximum absolute atomic E-state index is 13.2. The number of hydrogen-bond acceptors (Lipinski definition) is 4. The predicted octanol–water partition coefficient (Wildman–Crippen LogP) is 4.32. The van der Waals surface area contributed by atoms with Gasteiger partial charge in [-0.15, -0.1) is 0 Å². The highest BCUT2D eigenvalue weighted by atomic mass is 35.5. The van der Waals surface area contributed by atoms with E-state index in [0.29, 0.717) is 30.5 Å². The Morgan fingerprint density at radius 3 is 2.62 bits per heavy atom. The van der Waals surface area contributed by atoms with Gasteiger partial charge in [-0.25, -0.2) is 0 Å². The summed E-state index contributed by atoms with van der Waals surface area (Å²) >= 11 is 6.22. The molecule has 0 saturated carbocycles. The summed E-state index contributed by atoms with van der Waals surface area (Å²) in [4.78, 5) is 29.9. The van der Waals surface area contributed by atoms with E-state index in [-0.39, 0.29) is 18.2 Å². The zero-order valence-corrected chi connectivity index (χ0v) is 18.3. The van der Waals surface area contributed by atoms with Crippen molar-refractivity contribution >= 4 is 51.2 Å². The molecule has 2 aliphatic heterocycles. The topological polar surface area (TPSA) is 61.9 Å². The van der Waals surface area contributed by atoms with E-state index in [1.54, 1.807) is 11.0 Å². The van der Waals surface area contributed by atoms with E-state index >= 15 is 0 Å². The average Bonchev–Trinajstić information content (AvgIpc) is 3.21. The first kappa shape index (κ1) is 20.8. The molecule has 0 aromatic heterocycles. The van der Waals surface area contributed by atoms with Crippen LogP contribution >= 0.6 is 11.6 Å². The fraction of sp³-hybridized carbons (Fsp3) is 0.280. The molecule has 2 amide bonds. The first-order valence-corrected chi connectivity index (χ1v) is 11.2. The van der Waals surface area contributed by atoms with Crippen LogP contribution in [0.5, 0.6) is 0 Å². The molecule has 0 bridgehead atoms. The number of carbonyl (C=O) groups excluding carboxylic acids is 2. The largest absolute Gasteiger partial charge is 0.378 e. The molecule has 2 heterocycles. The zero-order valence-electron chi connectivity index (χ0n) is 17.6. The van der Waals surface area contributed by atoms with Crippen molar-refractivity contribution in [3.05, 3.63) is 65.7 Å². The normalized spacial score (nSPS) is 18.9. The van der Waals surface area contributed by atoms with E-state index in [4.69, 9.17) is 16.3 Å². The Morgan fingerprint density at radius 1 is 1.00 bits per heavy atom. The summed E-state index contributed by atoms with van der Waals surface area (Å²) < 4.78 is 5.45. The molecular weight excluding hydrogens is 426 g/mol. The van der Waals surface area contributed by atoms with E-state index in [1.165, 1.54) is 0 Å². The van der Waals surface area contributed by atoms with Gasteiger partial charge in [0.15, 0.2) is 0 Å². The minimum atomic E-state index is -0.432. The molecule has 0 radical (unpaired) electrons. The molecule has 6 nitrogen and oxygen atoms in total. The van der Waals surface area contributed by atoms with Gasteiger partial charge in [-0.3, -0.25) is 9.59 Å². The number of nitrogens with zero attached hydrogens (tertiary/aromatic N) is 2. The molecule has 0 unspecified atom stereocenters. The van der Waals surface area contributed by atoms with E-state index in [9.17, 15) is 9.59 Å². The molecule has 0 aliphatic carbocycles. The second-order valence-electron chi connectivity index (χ2n) is 8.15. The fourth-order valence-corrected chi connectivity index (χ4v) is 4.66. The number of nitrogens with one attached hydrogen (secondary N) is 1. The molecule has 0 spiro atoms. The average molecular weight is 450 g/mol. The summed E-state index contributed by atoms with van der Waals surface area (Å²) in [6.07, 6.45) is 0.183. The lowest BCUT2D eigenvalue weighted by Gasteiger charge is -2.30. The number of amides is 2. The third-order valence-corrected chi connectivity index (χ3v) is 6.36. The third-order valence-electron chi connectivity index (χ3n) is 6.12. The smallest absolute Gasteiger partial charge is 0.229 e. The Hall–Kier alpha value is -3.09. The molecule has 2 fully saturated rings. The highest BCUT2D eigenvalue weighted by molar-refractivity contribution is 6.31. The number of anilines is 3. The highest BCUT2D eigenvalue weighted by Gasteiger charge is 2.36. The van der Waals surface area contributed by atoms with Crippen LogP contribution in [0.1, 0.15) is 6.42 Å². The molecule has 7 heteroatoms. The van der Waals surface area contributed by atoms with Crippen LogP contribution in [-0.2, 0) is 14.3 Å². The molecule has 3 aromatic rings. The van der Waals surface area contributed by atoms with Gasteiger partial charge >= 0.3 is 0 Å². The van der Waals surface area contributed by atoms with Crippen molar-refractivity contribution < 1.29 is 14.3 Å². The van der Waals surface area contributed by atoms with Crippen molar-refractivity contribution in [1.29, 1.82) is 0 Å². The van der Waals surface area contributed by atoms with Crippen molar-refractivity contribution in [2.24, 2.45) is 5.92 Å². The van der Waals surface area contributed by atoms with Gasteiger partial charge in [0, 0.05) is 36.5 Å². The second-order valence-corrected chi connectivity index (χ2v) is 8.59. The van der Waals surface area contributed by atoms with Gasteiger partial charge in [-0.05, 0) is 29.7 Å². The number of halogens is 1. The van der Waals surface area contributed by atoms with Crippen LogP contribution in [0.25, 0.3) is 10.8 Å². The Bertz CT molecular complexity index is 1170. The lowest BCUT2D eigenvalue weighted by atomic mass is 10.1. The number of ether oxygens (including phenoxy) is 1. The van der Waals surface area contributed by atoms with Crippen LogP contribution in [0.3, 0.4) is 0 Å². The fourth-order valence-electron chi connectivity index (χ4n) is 4.48. The van der Waals surface area contributed by atoms with Crippen LogP contribution in [0.2, 0.25) is 5.02 Å². The number of carbonyl (C=O) groups is 2. The zero-order chi connectivity index (χ0) is 22.1. The Kier molecular flexibility index (Phi) is 5.72. The number of morpholine rings is 1. The summed E-state index contributed by atoms with van der Waals surface area (Å²) in [6.45, 7) is 3.15. The van der Waals surface area contributed by atoms with Crippen LogP contribution in [0.15, 0.2) is 60.7 Å². The van der Waals surface area contributed by atoms with Gasteiger partial charge in [0.2, 0.25) is 11.8 Å². The first-order chi connectivity index (χ1) is 15.6. The molecule has 3 aromatic carbocycles. The Balaban J connectivity index is 1.36. The summed E-state index contributed by atoms with van der Waals surface area (Å²) in [6, 6.07) is 19.4. The van der Waals surface area contributed by atoms with Crippen LogP contribution in [-0.4, -0.2) is 44.7 Å². The van der Waals surface area contributed by atoms with Gasteiger partial charge in [-0.2, -0.15) is 0 Å². The number of benzene rings is 3. The van der Waals surface area contributed by atoms with Gasteiger partial charge in [0.1, 0.15) is 0 Å². The predicted molar refractivity (Wildman–Crippen MR) is 128 cm³/mol. The molecule has 164 valence electrons. The first-order valence-electron chi connectivity index (χ1n) is 10.8. The van der Waals surface area contributed by atoms with Gasteiger partial charge in [-0.1, -0.05) is 48.0 Å². The van der Waals surface area contributed by atoms with Gasteiger partial charge in [0.05, 0.1) is 36.2 Å². The van der Waals surface area contributed by atoms with E-state index in [1.807, 2.05) is 54.6 Å². The van der Waals surface area contributed by atoms with Crippen molar-refractivity contribution in [3.8, 4) is 0 Å². The standard InChI is InChI=1S/C25H24ClN3O3/c26-19-8-9-23(28-10-12-32-13-11-28)21(15-19)27-25(31)18-14-24(30)29(16-18)22-7-3-5-17-4-1-2-6-20(17)22/h1-9,15,18H,10-14,16H2,(H,27,31)/t18-/m0/s1. The number of hydrogen-bond donors (Lipinski definition) is 1. The minimum Gasteiger partial charge on any atom is -0.378 e. The summed E-state index contributed by atoms with van der Waals surface area (Å²) in [5.41, 5.74) is 2.43. The van der Waals surface area contributed by atoms with Crippen LogP contribution in [0, 0.1) is 5.92 Å². The molecule has 5 rings (SSSR count). The Labute approximate surface area is 191 Å². The Morgan fingerprint density at radius 2 is 1.78 bits per heavy atom. The lowest BCUT2D eigenvalue weighted by molar-refractivity contribution is -0.122. The van der Waals surface area contributed by atoms with Crippen LogP contribution in [0.4, 0.5) is 17.1 Å². The monoisotopic (exact) mass is 449 g/mol. The summed E-state index contributed by atoms with van der Waals surface area (Å²) in [7, 11) is 0. The molecule has 2 saturated heterocycles. The van der Waals surface area contributed by atoms with Gasteiger partial charge < -0.3 is 19.9 Å². The minimum absolute atomic E-state index is 0.0407. The SMILES string of the molecule is O=C(Nc1cc(Cl)ccc1N1CCOCC1)[C@H]1CC(=O)N(c2cccc3ccccc23)C1. The van der Waals surface area contributed by atoms with Crippen molar-refractivity contribution in [2.45, 2.75) is 6.42 Å². The van der Waals surface area contributed by atoms with Crippen molar-refractivity contribution in [2.75, 3.05) is 48.0 Å². The summed E-state index contributed by atoms with van der Waals surface area (Å²) in [5, 5.41) is 5.67. The molecular formula is C25H24ClN3O3. The second kappa shape index (κ2) is 8.81. The maximum Gasteiger partial charge on any atom is 0.229 e. The number of fused-ring (bicyclic) bond motifs is 1. The number of rotatable bonds is 4. The summed E-state index contributed by atoms with van der Waals surface area (Å²) in [5.74, 6) is -0.642. The highest BCUT2D eigenvalue weighted by Crippen LogP contribution is 2.34. The third kappa shape index (κ3) is 4.04. The van der Waals surface area contributed by atoms with Crippen LogP contribution < -0.4 is 15.1 Å². The maximum atomic E-state index is 13.2. The van der Waals surface area contributed by atoms with E-state index in [0.717, 1.165) is 35.2 Å².